The lowest BCUT2D eigenvalue weighted by Gasteiger charge is -2.35. The summed E-state index contributed by atoms with van der Waals surface area (Å²) in [5.41, 5.74) is 0.851. The van der Waals surface area contributed by atoms with Gasteiger partial charge < -0.3 is 9.80 Å². The van der Waals surface area contributed by atoms with Gasteiger partial charge in [-0.25, -0.2) is 4.98 Å². The number of hydrogen-bond acceptors (Lipinski definition) is 5. The number of rotatable bonds is 4. The van der Waals surface area contributed by atoms with Crippen LogP contribution in [0.4, 0.5) is 5.82 Å². The number of piperazine rings is 1. The third-order valence-corrected chi connectivity index (χ3v) is 5.32. The second-order valence-corrected chi connectivity index (χ2v) is 7.32. The Bertz CT molecular complexity index is 1010. The number of carbonyl (C=O) groups is 1. The quantitative estimate of drug-likeness (QED) is 0.664. The number of nitrogens with one attached hydrogen (secondary N) is 1. The maximum absolute atomic E-state index is 12.9. The van der Waals surface area contributed by atoms with Gasteiger partial charge in [0.25, 0.3) is 0 Å². The standard InChI is InChI=1S/C19H19ClN6OS/c20-15-6-4-14(5-7-15)18-22-23-19(28)26(18)13-17(27)25-11-9-24(10-12-25)16-3-1-2-8-21-16/h1-8H,9-13H2,(H,23,28). The largest absolute Gasteiger partial charge is 0.353 e. The Labute approximate surface area is 172 Å². The Kier molecular flexibility index (Phi) is 5.40. The fourth-order valence-electron chi connectivity index (χ4n) is 3.24. The number of aromatic nitrogens is 4. The number of nitrogens with zero attached hydrogens (tertiary/aromatic N) is 5. The van der Waals surface area contributed by atoms with E-state index in [-0.39, 0.29) is 12.5 Å². The minimum absolute atomic E-state index is 0.0217. The van der Waals surface area contributed by atoms with Gasteiger partial charge in [-0.1, -0.05) is 17.7 Å². The van der Waals surface area contributed by atoms with E-state index in [1.165, 1.54) is 0 Å². The van der Waals surface area contributed by atoms with E-state index in [1.807, 2.05) is 35.2 Å². The fraction of sp³-hybridized carbons (Fsp3) is 0.263. The Balaban J connectivity index is 1.44. The maximum Gasteiger partial charge on any atom is 0.242 e. The molecular weight excluding hydrogens is 396 g/mol. The van der Waals surface area contributed by atoms with E-state index in [1.54, 1.807) is 22.9 Å². The van der Waals surface area contributed by atoms with Crippen LogP contribution in [0.25, 0.3) is 11.4 Å². The lowest BCUT2D eigenvalue weighted by Crippen LogP contribution is -2.49. The number of aromatic amines is 1. The zero-order chi connectivity index (χ0) is 19.5. The van der Waals surface area contributed by atoms with Crippen molar-refractivity contribution in [2.45, 2.75) is 6.54 Å². The van der Waals surface area contributed by atoms with Gasteiger partial charge in [0.1, 0.15) is 12.4 Å². The topological polar surface area (TPSA) is 70.1 Å². The molecule has 3 aromatic rings. The van der Waals surface area contributed by atoms with Crippen LogP contribution in [-0.2, 0) is 11.3 Å². The summed E-state index contributed by atoms with van der Waals surface area (Å²) < 4.78 is 2.15. The molecule has 1 aromatic carbocycles. The smallest absolute Gasteiger partial charge is 0.242 e. The van der Waals surface area contributed by atoms with Crippen LogP contribution in [-0.4, -0.2) is 56.7 Å². The highest BCUT2D eigenvalue weighted by molar-refractivity contribution is 7.71. The molecule has 0 saturated carbocycles. The van der Waals surface area contributed by atoms with Gasteiger partial charge in [-0.3, -0.25) is 14.5 Å². The first-order valence-electron chi connectivity index (χ1n) is 8.97. The van der Waals surface area contributed by atoms with Crippen LogP contribution in [0.3, 0.4) is 0 Å². The van der Waals surface area contributed by atoms with Crippen molar-refractivity contribution >= 4 is 35.5 Å². The van der Waals surface area contributed by atoms with Crippen LogP contribution in [0, 0.1) is 4.77 Å². The van der Waals surface area contributed by atoms with Crippen LogP contribution in [0.5, 0.6) is 0 Å². The average Bonchev–Trinajstić information content (AvgIpc) is 3.09. The lowest BCUT2D eigenvalue weighted by molar-refractivity contribution is -0.132. The van der Waals surface area contributed by atoms with E-state index in [9.17, 15) is 4.79 Å². The highest BCUT2D eigenvalue weighted by Gasteiger charge is 2.23. The molecule has 1 fully saturated rings. The Morgan fingerprint density at radius 2 is 1.86 bits per heavy atom. The van der Waals surface area contributed by atoms with Crippen LogP contribution < -0.4 is 4.90 Å². The second kappa shape index (κ2) is 8.12. The number of benzene rings is 1. The normalized spacial score (nSPS) is 14.3. The van der Waals surface area contributed by atoms with Crippen molar-refractivity contribution in [3.05, 3.63) is 58.5 Å². The molecule has 1 aliphatic heterocycles. The highest BCUT2D eigenvalue weighted by atomic mass is 35.5. The van der Waals surface area contributed by atoms with Crippen LogP contribution in [0.1, 0.15) is 0 Å². The van der Waals surface area contributed by atoms with E-state index < -0.39 is 0 Å². The molecule has 3 heterocycles. The molecule has 2 aromatic heterocycles. The Morgan fingerprint density at radius 1 is 1.11 bits per heavy atom. The number of carbonyl (C=O) groups excluding carboxylic acids is 1. The van der Waals surface area contributed by atoms with Gasteiger partial charge in [-0.2, -0.15) is 5.10 Å². The molecule has 1 aliphatic rings. The summed E-state index contributed by atoms with van der Waals surface area (Å²) in [7, 11) is 0. The Morgan fingerprint density at radius 3 is 2.54 bits per heavy atom. The van der Waals surface area contributed by atoms with E-state index >= 15 is 0 Å². The molecule has 4 rings (SSSR count). The molecule has 0 bridgehead atoms. The first-order chi connectivity index (χ1) is 13.6. The molecule has 0 unspecified atom stereocenters. The van der Waals surface area contributed by atoms with Crippen molar-refractivity contribution in [3.8, 4) is 11.4 Å². The molecule has 0 atom stereocenters. The van der Waals surface area contributed by atoms with Crippen molar-refractivity contribution < 1.29 is 4.79 Å². The molecule has 1 amide bonds. The third kappa shape index (κ3) is 3.93. The zero-order valence-electron chi connectivity index (χ0n) is 15.1. The van der Waals surface area contributed by atoms with E-state index in [2.05, 4.69) is 20.1 Å². The van der Waals surface area contributed by atoms with Crippen LogP contribution >= 0.6 is 23.8 Å². The SMILES string of the molecule is O=C(Cn1c(-c2ccc(Cl)cc2)n[nH]c1=S)N1CCN(c2ccccn2)CC1. The van der Waals surface area contributed by atoms with Gasteiger partial charge >= 0.3 is 0 Å². The highest BCUT2D eigenvalue weighted by Crippen LogP contribution is 2.20. The van der Waals surface area contributed by atoms with Crippen molar-refractivity contribution in [2.24, 2.45) is 0 Å². The second-order valence-electron chi connectivity index (χ2n) is 6.50. The molecule has 7 nitrogen and oxygen atoms in total. The number of halogens is 1. The van der Waals surface area contributed by atoms with Crippen molar-refractivity contribution in [3.63, 3.8) is 0 Å². The summed E-state index contributed by atoms with van der Waals surface area (Å²) >= 11 is 11.3. The third-order valence-electron chi connectivity index (χ3n) is 4.76. The summed E-state index contributed by atoms with van der Waals surface area (Å²) in [4.78, 5) is 21.3. The summed E-state index contributed by atoms with van der Waals surface area (Å²) in [6.07, 6.45) is 1.78. The predicted octanol–water partition coefficient (Wildman–Crippen LogP) is 3.00. The van der Waals surface area contributed by atoms with Gasteiger partial charge in [0.05, 0.1) is 0 Å². The fourth-order valence-corrected chi connectivity index (χ4v) is 3.57. The Hall–Kier alpha value is -2.71. The van der Waals surface area contributed by atoms with Crippen molar-refractivity contribution in [1.82, 2.24) is 24.6 Å². The molecule has 0 aliphatic carbocycles. The van der Waals surface area contributed by atoms with Crippen molar-refractivity contribution in [2.75, 3.05) is 31.1 Å². The molecule has 9 heteroatoms. The zero-order valence-corrected chi connectivity index (χ0v) is 16.7. The predicted molar refractivity (Wildman–Crippen MR) is 111 cm³/mol. The first-order valence-corrected chi connectivity index (χ1v) is 9.75. The molecular formula is C19H19ClN6OS. The monoisotopic (exact) mass is 414 g/mol. The van der Waals surface area contributed by atoms with Gasteiger partial charge in [-0.15, -0.1) is 0 Å². The molecule has 144 valence electrons. The minimum atomic E-state index is 0.0217. The summed E-state index contributed by atoms with van der Waals surface area (Å²) in [6, 6.07) is 13.2. The molecule has 1 N–H and O–H groups in total. The number of amides is 1. The summed E-state index contributed by atoms with van der Waals surface area (Å²) in [5.74, 6) is 1.59. The molecule has 0 spiro atoms. The summed E-state index contributed by atoms with van der Waals surface area (Å²) in [6.45, 7) is 2.96. The maximum atomic E-state index is 12.9. The molecule has 0 radical (unpaired) electrons. The number of H-pyrrole nitrogens is 1. The number of anilines is 1. The summed E-state index contributed by atoms with van der Waals surface area (Å²) in [5, 5.41) is 7.71. The van der Waals surface area contributed by atoms with E-state index in [0.717, 1.165) is 24.5 Å². The van der Waals surface area contributed by atoms with Gasteiger partial charge in [-0.05, 0) is 48.6 Å². The molecule has 28 heavy (non-hydrogen) atoms. The lowest BCUT2D eigenvalue weighted by atomic mass is 10.2. The van der Waals surface area contributed by atoms with Gasteiger partial charge in [0, 0.05) is 43.0 Å². The van der Waals surface area contributed by atoms with Gasteiger partial charge in [0.15, 0.2) is 10.6 Å². The van der Waals surface area contributed by atoms with Crippen LogP contribution in [0.15, 0.2) is 48.7 Å². The molecule has 1 saturated heterocycles. The van der Waals surface area contributed by atoms with E-state index in [0.29, 0.717) is 28.7 Å². The average molecular weight is 415 g/mol. The van der Waals surface area contributed by atoms with E-state index in [4.69, 9.17) is 23.8 Å². The van der Waals surface area contributed by atoms with Crippen LogP contribution in [0.2, 0.25) is 5.02 Å². The first kappa shape index (κ1) is 18.6. The number of pyridine rings is 1. The number of hydrogen-bond donors (Lipinski definition) is 1. The van der Waals surface area contributed by atoms with Gasteiger partial charge in [0.2, 0.25) is 5.91 Å². The van der Waals surface area contributed by atoms with Crippen molar-refractivity contribution in [1.29, 1.82) is 0 Å². The minimum Gasteiger partial charge on any atom is -0.353 e.